The highest BCUT2D eigenvalue weighted by Gasteiger charge is 2.32. The third kappa shape index (κ3) is 3.74. The van der Waals surface area contributed by atoms with Crippen LogP contribution in [0, 0.1) is 0 Å². The number of pyridine rings is 1. The molecule has 5 nitrogen and oxygen atoms in total. The molecule has 34 heavy (non-hydrogen) atoms. The molecule has 1 aliphatic heterocycles. The number of hydrogen-bond donors (Lipinski definition) is 1. The number of amides is 1. The highest BCUT2D eigenvalue weighted by Crippen LogP contribution is 2.44. The number of carbonyl (C=O) groups excluding carboxylic acids is 1. The number of benzene rings is 3. The molecule has 1 aliphatic rings. The fraction of sp³-hybridized carbons (Fsp3) is 0.0357. The fourth-order valence-electron chi connectivity index (χ4n) is 4.19. The maximum atomic E-state index is 13.5. The zero-order valence-corrected chi connectivity index (χ0v) is 18.8. The Morgan fingerprint density at radius 1 is 0.853 bits per heavy atom. The van der Waals surface area contributed by atoms with E-state index in [1.807, 2.05) is 96.5 Å². The van der Waals surface area contributed by atoms with E-state index in [2.05, 4.69) is 10.3 Å². The molecule has 0 atom stereocenters. The quantitative estimate of drug-likeness (QED) is 0.322. The molecule has 0 spiro atoms. The zero-order chi connectivity index (χ0) is 22.9. The van der Waals surface area contributed by atoms with E-state index in [1.54, 1.807) is 17.5 Å². The monoisotopic (exact) mass is 461 g/mol. The van der Waals surface area contributed by atoms with Gasteiger partial charge < -0.3 is 10.1 Å². The average molecular weight is 462 g/mol. The van der Waals surface area contributed by atoms with Gasteiger partial charge in [0, 0.05) is 45.7 Å². The topological polar surface area (TPSA) is 64.1 Å². The van der Waals surface area contributed by atoms with Gasteiger partial charge in [-0.25, -0.2) is 4.98 Å². The minimum atomic E-state index is -0.457. The van der Waals surface area contributed by atoms with Gasteiger partial charge in [0.25, 0.3) is 0 Å². The maximum absolute atomic E-state index is 13.5. The number of nitrogens with zero attached hydrogens (tertiary/aromatic N) is 2. The number of anilines is 1. The molecular formula is C28H19N3O2S. The van der Waals surface area contributed by atoms with E-state index in [4.69, 9.17) is 9.72 Å². The van der Waals surface area contributed by atoms with Crippen molar-refractivity contribution in [1.29, 1.82) is 0 Å². The molecule has 0 saturated heterocycles. The van der Waals surface area contributed by atoms with Crippen LogP contribution < -0.4 is 10.1 Å². The van der Waals surface area contributed by atoms with Gasteiger partial charge in [-0.05, 0) is 36.4 Å². The van der Waals surface area contributed by atoms with E-state index in [-0.39, 0.29) is 5.91 Å². The van der Waals surface area contributed by atoms with Crippen LogP contribution in [0.1, 0.15) is 17.0 Å². The summed E-state index contributed by atoms with van der Waals surface area (Å²) < 4.78 is 6.03. The first kappa shape index (κ1) is 20.3. The molecule has 0 radical (unpaired) electrons. The third-order valence-corrected chi connectivity index (χ3v) is 6.67. The van der Waals surface area contributed by atoms with E-state index < -0.39 is 5.92 Å². The molecule has 5 aromatic rings. The van der Waals surface area contributed by atoms with Crippen molar-refractivity contribution in [1.82, 2.24) is 9.97 Å². The Balaban J connectivity index is 1.30. The Bertz CT molecular complexity index is 1450. The molecule has 0 unspecified atom stereocenters. The summed E-state index contributed by atoms with van der Waals surface area (Å²) in [5.74, 6) is 0.858. The first-order valence-electron chi connectivity index (χ1n) is 10.9. The zero-order valence-electron chi connectivity index (χ0n) is 18.0. The van der Waals surface area contributed by atoms with Gasteiger partial charge in [0.2, 0.25) is 5.91 Å². The molecule has 6 rings (SSSR count). The summed E-state index contributed by atoms with van der Waals surface area (Å²) in [5.41, 5.74) is 5.23. The molecule has 2 aromatic heterocycles. The first-order valence-corrected chi connectivity index (χ1v) is 11.8. The molecule has 0 bridgehead atoms. The summed E-state index contributed by atoms with van der Waals surface area (Å²) in [4.78, 5) is 22.5. The van der Waals surface area contributed by atoms with Gasteiger partial charge in [0.1, 0.15) is 16.5 Å². The molecule has 0 aliphatic carbocycles. The highest BCUT2D eigenvalue weighted by molar-refractivity contribution is 7.13. The van der Waals surface area contributed by atoms with Crippen molar-refractivity contribution in [3.8, 4) is 33.3 Å². The van der Waals surface area contributed by atoms with Crippen LogP contribution in [0.5, 0.6) is 11.5 Å². The van der Waals surface area contributed by atoms with E-state index in [0.717, 1.165) is 38.6 Å². The number of ether oxygens (including phenoxy) is 1. The summed E-state index contributed by atoms with van der Waals surface area (Å²) in [6.45, 7) is 0. The van der Waals surface area contributed by atoms with Gasteiger partial charge in [-0.15, -0.1) is 11.3 Å². The molecule has 1 N–H and O–H groups in total. The number of rotatable bonds is 4. The summed E-state index contributed by atoms with van der Waals surface area (Å²) in [5, 5.41) is 6.05. The lowest BCUT2D eigenvalue weighted by molar-refractivity contribution is -0.116. The van der Waals surface area contributed by atoms with Gasteiger partial charge >= 0.3 is 0 Å². The van der Waals surface area contributed by atoms with Crippen molar-refractivity contribution >= 4 is 22.9 Å². The summed E-state index contributed by atoms with van der Waals surface area (Å²) in [7, 11) is 0. The summed E-state index contributed by atoms with van der Waals surface area (Å²) in [6.07, 6.45) is 3.56. The van der Waals surface area contributed by atoms with E-state index in [0.29, 0.717) is 11.5 Å². The number of hydrogen-bond acceptors (Lipinski definition) is 5. The van der Waals surface area contributed by atoms with Crippen molar-refractivity contribution in [2.24, 2.45) is 0 Å². The number of para-hydroxylation sites is 2. The number of nitrogens with one attached hydrogen (secondary N) is 1. The predicted molar refractivity (Wildman–Crippen MR) is 134 cm³/mol. The smallest absolute Gasteiger partial charge is 0.236 e. The number of fused-ring (bicyclic) bond motifs is 2. The van der Waals surface area contributed by atoms with Crippen molar-refractivity contribution in [3.05, 3.63) is 114 Å². The van der Waals surface area contributed by atoms with Crippen molar-refractivity contribution in [2.75, 3.05) is 5.32 Å². The summed E-state index contributed by atoms with van der Waals surface area (Å²) in [6, 6.07) is 27.1. The van der Waals surface area contributed by atoms with Gasteiger partial charge in [-0.3, -0.25) is 9.78 Å². The Hall–Kier alpha value is -4.29. The molecule has 1 amide bonds. The first-order chi connectivity index (χ1) is 16.8. The number of thiazole rings is 1. The van der Waals surface area contributed by atoms with Crippen LogP contribution in [0.2, 0.25) is 0 Å². The summed E-state index contributed by atoms with van der Waals surface area (Å²) >= 11 is 1.57. The maximum Gasteiger partial charge on any atom is 0.236 e. The van der Waals surface area contributed by atoms with Crippen LogP contribution in [0.3, 0.4) is 0 Å². The minimum Gasteiger partial charge on any atom is -0.457 e. The van der Waals surface area contributed by atoms with Crippen LogP contribution in [-0.2, 0) is 4.79 Å². The highest BCUT2D eigenvalue weighted by atomic mass is 32.1. The standard InChI is InChI=1S/C28H19N3O2S/c32-27(26-21-10-1-3-12-24(21)33-25-13-4-2-11-22(25)26)30-20-9-5-7-18(15-20)23-17-34-28(31-23)19-8-6-14-29-16-19/h1-17,26H,(H,30,32). The normalized spacial score (nSPS) is 12.4. The van der Waals surface area contributed by atoms with E-state index >= 15 is 0 Å². The van der Waals surface area contributed by atoms with E-state index in [1.165, 1.54) is 0 Å². The second-order valence-electron chi connectivity index (χ2n) is 7.96. The molecule has 3 aromatic carbocycles. The molecule has 164 valence electrons. The van der Waals surface area contributed by atoms with Crippen LogP contribution in [0.15, 0.2) is 103 Å². The average Bonchev–Trinajstić information content (AvgIpc) is 3.38. The molecule has 3 heterocycles. The SMILES string of the molecule is O=C(Nc1cccc(-c2csc(-c3cccnc3)n2)c1)C1c2ccccc2Oc2ccccc21. The van der Waals surface area contributed by atoms with Crippen LogP contribution in [0.4, 0.5) is 5.69 Å². The molecular weight excluding hydrogens is 442 g/mol. The van der Waals surface area contributed by atoms with Gasteiger partial charge in [-0.1, -0.05) is 48.5 Å². The Morgan fingerprint density at radius 2 is 1.59 bits per heavy atom. The Labute approximate surface area is 200 Å². The lowest BCUT2D eigenvalue weighted by atomic mass is 9.87. The molecule has 0 fully saturated rings. The van der Waals surface area contributed by atoms with E-state index in [9.17, 15) is 4.79 Å². The molecule has 6 heteroatoms. The number of aromatic nitrogens is 2. The second-order valence-corrected chi connectivity index (χ2v) is 8.82. The molecule has 0 saturated carbocycles. The third-order valence-electron chi connectivity index (χ3n) is 5.78. The van der Waals surface area contributed by atoms with Gasteiger partial charge in [-0.2, -0.15) is 0 Å². The lowest BCUT2D eigenvalue weighted by Gasteiger charge is -2.27. The Kier molecular flexibility index (Phi) is 5.13. The van der Waals surface area contributed by atoms with Gasteiger partial charge in [0.15, 0.2) is 0 Å². The second kappa shape index (κ2) is 8.57. The van der Waals surface area contributed by atoms with Crippen molar-refractivity contribution in [3.63, 3.8) is 0 Å². The van der Waals surface area contributed by atoms with Crippen molar-refractivity contribution in [2.45, 2.75) is 5.92 Å². The predicted octanol–water partition coefficient (Wildman–Crippen LogP) is 6.75. The largest absolute Gasteiger partial charge is 0.457 e. The number of carbonyl (C=O) groups is 1. The lowest BCUT2D eigenvalue weighted by Crippen LogP contribution is -2.25. The minimum absolute atomic E-state index is 0.102. The fourth-order valence-corrected chi connectivity index (χ4v) is 5.01. The van der Waals surface area contributed by atoms with Crippen molar-refractivity contribution < 1.29 is 9.53 Å². The van der Waals surface area contributed by atoms with Gasteiger partial charge in [0.05, 0.1) is 11.6 Å². The Morgan fingerprint density at radius 3 is 2.32 bits per heavy atom. The van der Waals surface area contributed by atoms with Crippen LogP contribution in [0.25, 0.3) is 21.8 Å². The van der Waals surface area contributed by atoms with Crippen LogP contribution >= 0.6 is 11.3 Å². The van der Waals surface area contributed by atoms with Crippen LogP contribution in [-0.4, -0.2) is 15.9 Å².